The highest BCUT2D eigenvalue weighted by atomic mass is 16.6. The number of hydrogen-bond donors (Lipinski definition) is 2. The summed E-state index contributed by atoms with van der Waals surface area (Å²) in [6.07, 6.45) is 1.29. The lowest BCUT2D eigenvalue weighted by molar-refractivity contribution is -0.384. The summed E-state index contributed by atoms with van der Waals surface area (Å²) < 4.78 is 0. The van der Waals surface area contributed by atoms with Gasteiger partial charge in [-0.05, 0) is 32.0 Å². The quantitative estimate of drug-likeness (QED) is 0.498. The second-order valence-corrected chi connectivity index (χ2v) is 6.52. The van der Waals surface area contributed by atoms with Crippen molar-refractivity contribution in [2.24, 2.45) is 4.99 Å². The molecule has 1 fully saturated rings. The van der Waals surface area contributed by atoms with Crippen molar-refractivity contribution in [2.45, 2.75) is 25.4 Å². The molecule has 0 spiro atoms. The summed E-state index contributed by atoms with van der Waals surface area (Å²) in [6, 6.07) is 12.0. The molecule has 0 radical (unpaired) electrons. The van der Waals surface area contributed by atoms with Gasteiger partial charge in [-0.25, -0.2) is 10.4 Å². The van der Waals surface area contributed by atoms with Crippen LogP contribution >= 0.6 is 0 Å². The third-order valence-corrected chi connectivity index (χ3v) is 4.14. The summed E-state index contributed by atoms with van der Waals surface area (Å²) in [5.41, 5.74) is 3.17. The predicted octanol–water partition coefficient (Wildman–Crippen LogP) is 2.42. The van der Waals surface area contributed by atoms with Gasteiger partial charge in [-0.15, -0.1) is 0 Å². The van der Waals surface area contributed by atoms with Gasteiger partial charge in [0, 0.05) is 23.9 Å². The van der Waals surface area contributed by atoms with Gasteiger partial charge in [0.1, 0.15) is 11.8 Å². The van der Waals surface area contributed by atoms with Crippen LogP contribution in [0.5, 0.6) is 5.75 Å². The Labute approximate surface area is 149 Å². The van der Waals surface area contributed by atoms with E-state index >= 15 is 0 Å². The predicted molar refractivity (Wildman–Crippen MR) is 97.3 cm³/mol. The number of nitrogens with one attached hydrogen (secondary N) is 1. The van der Waals surface area contributed by atoms with E-state index in [4.69, 9.17) is 0 Å². The van der Waals surface area contributed by atoms with E-state index in [9.17, 15) is 20.0 Å². The molecule has 1 saturated heterocycles. The van der Waals surface area contributed by atoms with Crippen molar-refractivity contribution in [3.63, 3.8) is 0 Å². The maximum Gasteiger partial charge on any atom is 0.270 e. The number of para-hydroxylation sites is 1. The van der Waals surface area contributed by atoms with Crippen molar-refractivity contribution in [1.29, 1.82) is 0 Å². The van der Waals surface area contributed by atoms with E-state index in [1.807, 2.05) is 32.0 Å². The molecule has 1 amide bonds. The van der Waals surface area contributed by atoms with Crippen molar-refractivity contribution < 1.29 is 14.8 Å². The van der Waals surface area contributed by atoms with Gasteiger partial charge in [0.2, 0.25) is 0 Å². The molecule has 1 heterocycles. The molecule has 8 heteroatoms. The summed E-state index contributed by atoms with van der Waals surface area (Å²) in [6.45, 7) is 3.67. The Morgan fingerprint density at radius 3 is 2.62 bits per heavy atom. The maximum atomic E-state index is 12.8. The third-order valence-electron chi connectivity index (χ3n) is 4.14. The number of phenols is 1. The van der Waals surface area contributed by atoms with E-state index in [-0.39, 0.29) is 22.9 Å². The lowest BCUT2D eigenvalue weighted by atomic mass is 9.97. The van der Waals surface area contributed by atoms with E-state index in [2.05, 4.69) is 10.4 Å². The first-order chi connectivity index (χ1) is 12.3. The molecule has 2 aromatic carbocycles. The number of carbonyl (C=O) groups is 1. The largest absolute Gasteiger partial charge is 0.507 e. The van der Waals surface area contributed by atoms with E-state index < -0.39 is 16.5 Å². The maximum absolute atomic E-state index is 12.8. The van der Waals surface area contributed by atoms with Crippen LogP contribution in [-0.2, 0) is 4.79 Å². The number of aliphatic imine (C=N–C) groups is 1. The Hall–Kier alpha value is -3.26. The van der Waals surface area contributed by atoms with Crippen LogP contribution in [0.4, 0.5) is 11.4 Å². The fraction of sp³-hybridized carbons (Fsp3) is 0.222. The molecule has 0 saturated carbocycles. The highest BCUT2D eigenvalue weighted by molar-refractivity contribution is 6.01. The Kier molecular flexibility index (Phi) is 4.43. The zero-order chi connectivity index (χ0) is 18.9. The lowest BCUT2D eigenvalue weighted by Crippen LogP contribution is -2.44. The van der Waals surface area contributed by atoms with Crippen LogP contribution in [0.15, 0.2) is 53.5 Å². The summed E-state index contributed by atoms with van der Waals surface area (Å²) in [4.78, 5) is 27.4. The molecule has 1 unspecified atom stereocenters. The minimum atomic E-state index is -0.749. The molecule has 3 rings (SSSR count). The average Bonchev–Trinajstić information content (AvgIpc) is 2.84. The molecule has 8 nitrogen and oxygen atoms in total. The summed E-state index contributed by atoms with van der Waals surface area (Å²) in [5.74, 6) is -0.391. The number of nitrogens with zero attached hydrogens (tertiary/aromatic N) is 3. The molecule has 1 aliphatic heterocycles. The number of nitro benzene ring substituents is 1. The number of carbonyl (C=O) groups excluding carboxylic acids is 1. The van der Waals surface area contributed by atoms with E-state index in [1.165, 1.54) is 29.4 Å². The molecule has 2 N–H and O–H groups in total. The smallest absolute Gasteiger partial charge is 0.270 e. The first-order valence-corrected chi connectivity index (χ1v) is 7.97. The van der Waals surface area contributed by atoms with Gasteiger partial charge in [0.05, 0.1) is 16.1 Å². The Balaban J connectivity index is 1.89. The molecular weight excluding hydrogens is 336 g/mol. The monoisotopic (exact) mass is 354 g/mol. The number of phenolic OH excluding ortho intramolecular Hbond substituents is 1. The van der Waals surface area contributed by atoms with Crippen LogP contribution in [0.2, 0.25) is 0 Å². The van der Waals surface area contributed by atoms with Crippen molar-refractivity contribution in [3.05, 3.63) is 64.2 Å². The lowest BCUT2D eigenvalue weighted by Gasteiger charge is -2.22. The van der Waals surface area contributed by atoms with Crippen LogP contribution < -0.4 is 10.4 Å². The molecule has 26 heavy (non-hydrogen) atoms. The van der Waals surface area contributed by atoms with Crippen LogP contribution in [0.1, 0.15) is 19.4 Å². The van der Waals surface area contributed by atoms with Gasteiger partial charge >= 0.3 is 0 Å². The summed E-state index contributed by atoms with van der Waals surface area (Å²) in [5, 5.41) is 22.2. The molecule has 0 aromatic heterocycles. The van der Waals surface area contributed by atoms with Gasteiger partial charge in [-0.1, -0.05) is 18.2 Å². The molecule has 1 atom stereocenters. The number of non-ortho nitro benzene ring substituents is 1. The summed E-state index contributed by atoms with van der Waals surface area (Å²) in [7, 11) is 0. The number of aromatic hydroxyl groups is 1. The van der Waals surface area contributed by atoms with Gasteiger partial charge < -0.3 is 5.11 Å². The molecule has 2 aromatic rings. The highest BCUT2D eigenvalue weighted by Crippen LogP contribution is 2.28. The fourth-order valence-electron chi connectivity index (χ4n) is 2.77. The zero-order valence-corrected chi connectivity index (χ0v) is 14.3. The minimum Gasteiger partial charge on any atom is -0.507 e. The second kappa shape index (κ2) is 6.57. The Morgan fingerprint density at radius 1 is 1.27 bits per heavy atom. The van der Waals surface area contributed by atoms with E-state index in [0.29, 0.717) is 5.69 Å². The number of hydrazine groups is 1. The normalized spacial score (nSPS) is 19.2. The van der Waals surface area contributed by atoms with Crippen LogP contribution in [0.3, 0.4) is 0 Å². The van der Waals surface area contributed by atoms with Crippen molar-refractivity contribution >= 4 is 23.5 Å². The highest BCUT2D eigenvalue weighted by Gasteiger charge is 2.46. The van der Waals surface area contributed by atoms with Crippen LogP contribution in [-0.4, -0.2) is 33.7 Å². The van der Waals surface area contributed by atoms with Gasteiger partial charge in [0.15, 0.2) is 0 Å². The zero-order valence-electron chi connectivity index (χ0n) is 14.3. The topological polar surface area (TPSA) is 108 Å². The van der Waals surface area contributed by atoms with Crippen molar-refractivity contribution in [2.75, 3.05) is 5.01 Å². The standard InChI is InChI=1S/C18H18N4O4/c1-18(2)16(17(24)21(20-18)13-6-4-3-5-7-13)19-11-12-10-14(22(25)26)8-9-15(12)23/h3-11,16,20,23H,1-2H3. The average molecular weight is 354 g/mol. The Morgan fingerprint density at radius 2 is 1.96 bits per heavy atom. The molecular formula is C18H18N4O4. The molecule has 0 aliphatic carbocycles. The molecule has 0 bridgehead atoms. The number of hydrogen-bond acceptors (Lipinski definition) is 6. The van der Waals surface area contributed by atoms with E-state index in [1.54, 1.807) is 12.1 Å². The SMILES string of the molecule is CC1(C)NN(c2ccccc2)C(=O)C1N=Cc1cc([N+](=O)[O-])ccc1O. The summed E-state index contributed by atoms with van der Waals surface area (Å²) >= 11 is 0. The number of benzene rings is 2. The van der Waals surface area contributed by atoms with Crippen LogP contribution in [0.25, 0.3) is 0 Å². The number of anilines is 1. The van der Waals surface area contributed by atoms with Gasteiger partial charge in [-0.2, -0.15) is 0 Å². The Bertz CT molecular complexity index is 880. The minimum absolute atomic E-state index is 0.143. The van der Waals surface area contributed by atoms with Crippen molar-refractivity contribution in [3.8, 4) is 5.75 Å². The van der Waals surface area contributed by atoms with Gasteiger partial charge in [0.25, 0.3) is 11.6 Å². The number of nitro groups is 1. The second-order valence-electron chi connectivity index (χ2n) is 6.52. The number of rotatable bonds is 4. The molecule has 1 aliphatic rings. The van der Waals surface area contributed by atoms with E-state index in [0.717, 1.165) is 0 Å². The fourth-order valence-corrected chi connectivity index (χ4v) is 2.77. The first-order valence-electron chi connectivity index (χ1n) is 7.97. The van der Waals surface area contributed by atoms with Gasteiger partial charge in [-0.3, -0.25) is 19.9 Å². The third kappa shape index (κ3) is 3.27. The van der Waals surface area contributed by atoms with Crippen LogP contribution in [0, 0.1) is 10.1 Å². The first kappa shape index (κ1) is 17.6. The number of amides is 1. The van der Waals surface area contributed by atoms with Crippen molar-refractivity contribution in [1.82, 2.24) is 5.43 Å². The molecule has 134 valence electrons.